The van der Waals surface area contributed by atoms with Crippen molar-refractivity contribution in [1.29, 1.82) is 0 Å². The van der Waals surface area contributed by atoms with Crippen LogP contribution in [-0.2, 0) is 16.0 Å². The van der Waals surface area contributed by atoms with Crippen molar-refractivity contribution in [3.05, 3.63) is 57.8 Å². The molecule has 1 aliphatic rings. The molecule has 0 N–H and O–H groups in total. The molecule has 3 rings (SSSR count). The van der Waals surface area contributed by atoms with Gasteiger partial charge in [0.2, 0.25) is 11.8 Å². The van der Waals surface area contributed by atoms with Gasteiger partial charge < -0.3 is 9.80 Å². The molecule has 0 saturated carbocycles. The molecule has 1 aromatic carbocycles. The Kier molecular flexibility index (Phi) is 9.34. The van der Waals surface area contributed by atoms with E-state index in [1.165, 1.54) is 29.7 Å². The molecule has 0 spiro atoms. The van der Waals surface area contributed by atoms with Gasteiger partial charge in [0.1, 0.15) is 6.54 Å². The fraction of sp³-hybridized carbons (Fsp3) is 0.556. The Labute approximate surface area is 197 Å². The van der Waals surface area contributed by atoms with Crippen LogP contribution >= 0.6 is 11.3 Å². The lowest BCUT2D eigenvalue weighted by molar-refractivity contribution is -0.143. The topological polar surface area (TPSA) is 40.6 Å². The van der Waals surface area contributed by atoms with Crippen molar-refractivity contribution >= 4 is 23.2 Å². The molecule has 5 heteroatoms. The number of nitrogens with zero attached hydrogens (tertiary/aromatic N) is 2. The Hall–Kier alpha value is -2.14. The number of rotatable bonds is 11. The third-order valence-electron chi connectivity index (χ3n) is 6.64. The zero-order valence-corrected chi connectivity index (χ0v) is 20.7. The number of benzene rings is 1. The molecule has 2 aromatic rings. The first kappa shape index (κ1) is 24.5. The Morgan fingerprint density at radius 3 is 2.56 bits per heavy atom. The van der Waals surface area contributed by atoms with Gasteiger partial charge in [-0.25, -0.2) is 0 Å². The quantitative estimate of drug-likeness (QED) is 0.379. The van der Waals surface area contributed by atoms with Crippen LogP contribution in [0.2, 0.25) is 0 Å². The number of unbranched alkanes of at least 4 members (excludes halogenated alkanes) is 4. The average Bonchev–Trinajstić information content (AvgIpc) is 3.30. The molecule has 2 atom stereocenters. The van der Waals surface area contributed by atoms with Crippen molar-refractivity contribution in [2.45, 2.75) is 84.2 Å². The van der Waals surface area contributed by atoms with Crippen molar-refractivity contribution in [2.24, 2.45) is 0 Å². The Morgan fingerprint density at radius 2 is 1.84 bits per heavy atom. The van der Waals surface area contributed by atoms with Gasteiger partial charge in [0.15, 0.2) is 0 Å². The zero-order chi connectivity index (χ0) is 22.9. The summed E-state index contributed by atoms with van der Waals surface area (Å²) in [5.74, 6) is 0.170. The minimum absolute atomic E-state index is 0.0512. The average molecular weight is 455 g/mol. The number of carbonyl (C=O) groups excluding carboxylic acids is 2. The van der Waals surface area contributed by atoms with Gasteiger partial charge >= 0.3 is 0 Å². The molecule has 2 unspecified atom stereocenters. The monoisotopic (exact) mass is 454 g/mol. The van der Waals surface area contributed by atoms with Crippen molar-refractivity contribution in [1.82, 2.24) is 9.80 Å². The summed E-state index contributed by atoms with van der Waals surface area (Å²) in [5.41, 5.74) is 2.37. The van der Waals surface area contributed by atoms with E-state index < -0.39 is 0 Å². The molecule has 4 nitrogen and oxygen atoms in total. The molecule has 0 fully saturated rings. The lowest BCUT2D eigenvalue weighted by atomic mass is 9.93. The molecule has 0 bridgehead atoms. The third kappa shape index (κ3) is 6.00. The van der Waals surface area contributed by atoms with Crippen molar-refractivity contribution in [2.75, 3.05) is 13.1 Å². The summed E-state index contributed by atoms with van der Waals surface area (Å²) >= 11 is 1.78. The summed E-state index contributed by atoms with van der Waals surface area (Å²) < 4.78 is 0. The second-order valence-electron chi connectivity index (χ2n) is 8.89. The highest BCUT2D eigenvalue weighted by atomic mass is 32.1. The number of carbonyl (C=O) groups is 2. The van der Waals surface area contributed by atoms with Crippen molar-refractivity contribution in [3.63, 3.8) is 0 Å². The van der Waals surface area contributed by atoms with Crippen molar-refractivity contribution < 1.29 is 9.59 Å². The molecule has 32 heavy (non-hydrogen) atoms. The van der Waals surface area contributed by atoms with Crippen LogP contribution < -0.4 is 0 Å². The summed E-state index contributed by atoms with van der Waals surface area (Å²) in [5, 5.41) is 2.13. The standard InChI is InChI=1S/C27H38N2O2S/c1-4-6-7-8-12-15-25(30)29(21(3)5-2)20-26(31)28-18-16-24-23(17-19-32-24)27(28)22-13-10-9-11-14-22/h9-11,13-14,17,19,21,27H,4-8,12,15-16,18,20H2,1-3H3. The van der Waals surface area contributed by atoms with Crippen LogP contribution in [0.4, 0.5) is 0 Å². The van der Waals surface area contributed by atoms with Gasteiger partial charge in [0.25, 0.3) is 0 Å². The van der Waals surface area contributed by atoms with Crippen LogP contribution in [0.3, 0.4) is 0 Å². The second-order valence-corrected chi connectivity index (χ2v) is 9.89. The van der Waals surface area contributed by atoms with E-state index in [-0.39, 0.29) is 30.4 Å². The highest BCUT2D eigenvalue weighted by Crippen LogP contribution is 2.37. The molecule has 174 valence electrons. The van der Waals surface area contributed by atoms with Gasteiger partial charge in [0, 0.05) is 23.9 Å². The smallest absolute Gasteiger partial charge is 0.243 e. The fourth-order valence-electron chi connectivity index (χ4n) is 4.55. The third-order valence-corrected chi connectivity index (χ3v) is 7.64. The molecule has 1 aromatic heterocycles. The van der Waals surface area contributed by atoms with E-state index in [2.05, 4.69) is 44.4 Å². The Bertz CT molecular complexity index is 864. The van der Waals surface area contributed by atoms with E-state index in [0.29, 0.717) is 13.0 Å². The molecule has 0 radical (unpaired) electrons. The Morgan fingerprint density at radius 1 is 1.09 bits per heavy atom. The largest absolute Gasteiger partial charge is 0.331 e. The predicted molar refractivity (Wildman–Crippen MR) is 133 cm³/mol. The van der Waals surface area contributed by atoms with Crippen LogP contribution in [-0.4, -0.2) is 40.7 Å². The number of amides is 2. The van der Waals surface area contributed by atoms with Crippen LogP contribution in [0.5, 0.6) is 0 Å². The number of hydrogen-bond acceptors (Lipinski definition) is 3. The van der Waals surface area contributed by atoms with E-state index in [0.717, 1.165) is 31.2 Å². The predicted octanol–water partition coefficient (Wildman–Crippen LogP) is 6.21. The maximum atomic E-state index is 13.6. The van der Waals surface area contributed by atoms with Gasteiger partial charge in [-0.2, -0.15) is 0 Å². The van der Waals surface area contributed by atoms with E-state index in [1.54, 1.807) is 11.3 Å². The van der Waals surface area contributed by atoms with Gasteiger partial charge in [-0.3, -0.25) is 9.59 Å². The summed E-state index contributed by atoms with van der Waals surface area (Å²) in [6, 6.07) is 12.4. The lowest BCUT2D eigenvalue weighted by Crippen LogP contribution is -2.49. The first-order chi connectivity index (χ1) is 15.6. The van der Waals surface area contributed by atoms with E-state index in [9.17, 15) is 9.59 Å². The second kappa shape index (κ2) is 12.2. The van der Waals surface area contributed by atoms with E-state index >= 15 is 0 Å². The van der Waals surface area contributed by atoms with Crippen LogP contribution in [0.25, 0.3) is 0 Å². The summed E-state index contributed by atoms with van der Waals surface area (Å²) in [6.07, 6.45) is 7.88. The molecule has 2 heterocycles. The molecule has 1 aliphatic heterocycles. The van der Waals surface area contributed by atoms with Crippen molar-refractivity contribution in [3.8, 4) is 0 Å². The van der Waals surface area contributed by atoms with Gasteiger partial charge in [-0.05, 0) is 48.8 Å². The number of thiophene rings is 1. The summed E-state index contributed by atoms with van der Waals surface area (Å²) in [7, 11) is 0. The minimum atomic E-state index is -0.0679. The molecular weight excluding hydrogens is 416 g/mol. The highest BCUT2D eigenvalue weighted by Gasteiger charge is 2.34. The van der Waals surface area contributed by atoms with Gasteiger partial charge in [-0.1, -0.05) is 69.9 Å². The lowest BCUT2D eigenvalue weighted by Gasteiger charge is -2.38. The summed E-state index contributed by atoms with van der Waals surface area (Å²) in [4.78, 5) is 31.8. The SMILES string of the molecule is CCCCCCCC(=O)N(CC(=O)N1CCc2sccc2C1c1ccccc1)C(C)CC. The van der Waals surface area contributed by atoms with Crippen LogP contribution in [0.15, 0.2) is 41.8 Å². The fourth-order valence-corrected chi connectivity index (χ4v) is 5.45. The highest BCUT2D eigenvalue weighted by molar-refractivity contribution is 7.10. The minimum Gasteiger partial charge on any atom is -0.331 e. The van der Waals surface area contributed by atoms with E-state index in [1.807, 2.05) is 28.0 Å². The molecular formula is C27H38N2O2S. The molecule has 0 saturated heterocycles. The first-order valence-electron chi connectivity index (χ1n) is 12.3. The van der Waals surface area contributed by atoms with Gasteiger partial charge in [0.05, 0.1) is 6.04 Å². The molecule has 2 amide bonds. The molecule has 0 aliphatic carbocycles. The summed E-state index contributed by atoms with van der Waals surface area (Å²) in [6.45, 7) is 7.22. The van der Waals surface area contributed by atoms with Gasteiger partial charge in [-0.15, -0.1) is 11.3 Å². The maximum Gasteiger partial charge on any atom is 0.243 e. The number of hydrogen-bond donors (Lipinski definition) is 0. The first-order valence-corrected chi connectivity index (χ1v) is 13.1. The normalized spacial score (nSPS) is 16.5. The van der Waals surface area contributed by atoms with Crippen LogP contribution in [0, 0.1) is 0 Å². The zero-order valence-electron chi connectivity index (χ0n) is 19.9. The Balaban J connectivity index is 1.74. The number of fused-ring (bicyclic) bond motifs is 1. The van der Waals surface area contributed by atoms with E-state index in [4.69, 9.17) is 0 Å². The maximum absolute atomic E-state index is 13.6. The van der Waals surface area contributed by atoms with Crippen LogP contribution in [0.1, 0.15) is 87.8 Å².